The molecule has 4 nitrogen and oxygen atoms in total. The zero-order valence-corrected chi connectivity index (χ0v) is 12.6. The Morgan fingerprint density at radius 1 is 1.18 bits per heavy atom. The highest BCUT2D eigenvalue weighted by Gasteiger charge is 2.00. The van der Waals surface area contributed by atoms with Crippen LogP contribution < -0.4 is 15.4 Å². The molecule has 0 unspecified atom stereocenters. The summed E-state index contributed by atoms with van der Waals surface area (Å²) in [7, 11) is 1.61. The molecule has 0 fully saturated rings. The van der Waals surface area contributed by atoms with Crippen molar-refractivity contribution >= 4 is 11.7 Å². The molecule has 0 atom stereocenters. The summed E-state index contributed by atoms with van der Waals surface area (Å²) in [5, 5.41) is 5.46. The Morgan fingerprint density at radius 3 is 2.77 bits per heavy atom. The molecule has 0 aliphatic carbocycles. The van der Waals surface area contributed by atoms with Gasteiger partial charge in [0.15, 0.2) is 0 Å². The number of hydrogen-bond donors (Lipinski definition) is 2. The first kappa shape index (κ1) is 15.5. The van der Waals surface area contributed by atoms with Crippen molar-refractivity contribution < 1.29 is 9.53 Å². The molecule has 2 aromatic rings. The average Bonchev–Trinajstić information content (AvgIpc) is 2.52. The molecule has 0 saturated heterocycles. The molecule has 2 rings (SSSR count). The Kier molecular flexibility index (Phi) is 5.44. The highest BCUT2D eigenvalue weighted by Crippen LogP contribution is 2.15. The zero-order valence-electron chi connectivity index (χ0n) is 12.6. The van der Waals surface area contributed by atoms with Gasteiger partial charge in [-0.05, 0) is 36.8 Å². The Labute approximate surface area is 130 Å². The molecule has 0 heterocycles. The number of hydrogen-bond acceptors (Lipinski definition) is 2. The van der Waals surface area contributed by atoms with E-state index in [9.17, 15) is 4.79 Å². The number of benzene rings is 2. The summed E-state index contributed by atoms with van der Waals surface area (Å²) in [6, 6.07) is 14.8. The van der Waals surface area contributed by atoms with E-state index in [0.717, 1.165) is 22.6 Å². The number of carbonyl (C=O) groups excluding carboxylic acids is 1. The minimum atomic E-state index is -0.278. The first-order valence-electron chi connectivity index (χ1n) is 6.92. The minimum absolute atomic E-state index is 0.260. The fourth-order valence-electron chi connectivity index (χ4n) is 1.91. The van der Waals surface area contributed by atoms with Crippen LogP contribution in [-0.4, -0.2) is 19.7 Å². The molecule has 0 aromatic heterocycles. The molecule has 0 aliphatic heterocycles. The molecule has 2 N–H and O–H groups in total. The van der Waals surface area contributed by atoms with Gasteiger partial charge in [-0.1, -0.05) is 36.1 Å². The topological polar surface area (TPSA) is 50.4 Å². The van der Waals surface area contributed by atoms with Gasteiger partial charge in [0.25, 0.3) is 0 Å². The van der Waals surface area contributed by atoms with E-state index in [2.05, 4.69) is 22.5 Å². The third-order valence-electron chi connectivity index (χ3n) is 2.94. The predicted octanol–water partition coefficient (Wildman–Crippen LogP) is 3.18. The zero-order chi connectivity index (χ0) is 15.8. The lowest BCUT2D eigenvalue weighted by Gasteiger charge is -2.05. The monoisotopic (exact) mass is 294 g/mol. The first-order chi connectivity index (χ1) is 10.7. The van der Waals surface area contributed by atoms with Crippen molar-refractivity contribution in [2.75, 3.05) is 19.0 Å². The van der Waals surface area contributed by atoms with Crippen LogP contribution in [0, 0.1) is 18.8 Å². The number of urea groups is 1. The van der Waals surface area contributed by atoms with Crippen LogP contribution in [0.5, 0.6) is 5.75 Å². The number of ether oxygens (including phenoxy) is 1. The Morgan fingerprint density at radius 2 is 2.00 bits per heavy atom. The molecule has 4 heteroatoms. The molecule has 0 bridgehead atoms. The molecule has 0 radical (unpaired) electrons. The largest absolute Gasteiger partial charge is 0.495 e. The van der Waals surface area contributed by atoms with Crippen molar-refractivity contribution in [3.63, 3.8) is 0 Å². The number of nitrogens with one attached hydrogen (secondary N) is 2. The maximum absolute atomic E-state index is 11.7. The van der Waals surface area contributed by atoms with Crippen LogP contribution in [0.2, 0.25) is 0 Å². The number of rotatable bonds is 3. The van der Waals surface area contributed by atoms with Gasteiger partial charge in [0, 0.05) is 5.69 Å². The average molecular weight is 294 g/mol. The number of anilines is 1. The third-order valence-corrected chi connectivity index (χ3v) is 2.94. The lowest BCUT2D eigenvalue weighted by Crippen LogP contribution is -2.28. The van der Waals surface area contributed by atoms with E-state index in [1.807, 2.05) is 55.5 Å². The number of amides is 2. The van der Waals surface area contributed by atoms with Gasteiger partial charge in [-0.15, -0.1) is 0 Å². The van der Waals surface area contributed by atoms with E-state index in [4.69, 9.17) is 4.74 Å². The van der Waals surface area contributed by atoms with E-state index in [1.54, 1.807) is 7.11 Å². The summed E-state index contributed by atoms with van der Waals surface area (Å²) >= 11 is 0. The summed E-state index contributed by atoms with van der Waals surface area (Å²) in [6.07, 6.45) is 0. The minimum Gasteiger partial charge on any atom is -0.495 e. The van der Waals surface area contributed by atoms with Crippen molar-refractivity contribution in [1.29, 1.82) is 0 Å². The van der Waals surface area contributed by atoms with E-state index >= 15 is 0 Å². The van der Waals surface area contributed by atoms with E-state index < -0.39 is 0 Å². The van der Waals surface area contributed by atoms with Gasteiger partial charge in [-0.2, -0.15) is 0 Å². The summed E-state index contributed by atoms with van der Waals surface area (Å²) in [6.45, 7) is 2.23. The van der Waals surface area contributed by atoms with Crippen LogP contribution in [0.3, 0.4) is 0 Å². The molecular formula is C18H18N2O2. The van der Waals surface area contributed by atoms with Crippen molar-refractivity contribution in [3.8, 4) is 17.6 Å². The maximum atomic E-state index is 11.7. The highest BCUT2D eigenvalue weighted by molar-refractivity contribution is 5.89. The van der Waals surface area contributed by atoms with Crippen LogP contribution in [0.1, 0.15) is 11.1 Å². The second-order valence-corrected chi connectivity index (χ2v) is 4.68. The van der Waals surface area contributed by atoms with Crippen LogP contribution in [0.4, 0.5) is 10.5 Å². The highest BCUT2D eigenvalue weighted by atomic mass is 16.5. The Balaban J connectivity index is 1.86. The molecule has 0 saturated carbocycles. The first-order valence-corrected chi connectivity index (χ1v) is 6.92. The number of carbonyl (C=O) groups is 1. The lowest BCUT2D eigenvalue weighted by atomic mass is 10.2. The normalized spacial score (nSPS) is 9.36. The van der Waals surface area contributed by atoms with Crippen LogP contribution in [-0.2, 0) is 0 Å². The molecule has 2 amide bonds. The van der Waals surface area contributed by atoms with Gasteiger partial charge in [0.2, 0.25) is 0 Å². The van der Waals surface area contributed by atoms with Gasteiger partial charge < -0.3 is 15.4 Å². The molecule has 22 heavy (non-hydrogen) atoms. The maximum Gasteiger partial charge on any atom is 0.319 e. The molecular weight excluding hydrogens is 276 g/mol. The van der Waals surface area contributed by atoms with Crippen molar-refractivity contribution in [3.05, 3.63) is 59.7 Å². The van der Waals surface area contributed by atoms with Gasteiger partial charge in [0.1, 0.15) is 5.75 Å². The Hall–Kier alpha value is -2.93. The van der Waals surface area contributed by atoms with Gasteiger partial charge in [0.05, 0.1) is 19.2 Å². The van der Waals surface area contributed by atoms with Crippen molar-refractivity contribution in [2.24, 2.45) is 0 Å². The second kappa shape index (κ2) is 7.75. The van der Waals surface area contributed by atoms with Crippen molar-refractivity contribution in [1.82, 2.24) is 5.32 Å². The third kappa shape index (κ3) is 4.57. The smallest absolute Gasteiger partial charge is 0.319 e. The molecule has 112 valence electrons. The van der Waals surface area contributed by atoms with Gasteiger partial charge >= 0.3 is 6.03 Å². The fraction of sp³-hybridized carbons (Fsp3) is 0.167. The lowest BCUT2D eigenvalue weighted by molar-refractivity contribution is 0.253. The Bertz CT molecular complexity index is 714. The van der Waals surface area contributed by atoms with E-state index in [1.165, 1.54) is 0 Å². The van der Waals surface area contributed by atoms with Crippen LogP contribution in [0.15, 0.2) is 48.5 Å². The summed E-state index contributed by atoms with van der Waals surface area (Å²) in [5.74, 6) is 6.60. The number of aryl methyl sites for hydroxylation is 1. The van der Waals surface area contributed by atoms with E-state index in [-0.39, 0.29) is 12.6 Å². The summed E-state index contributed by atoms with van der Waals surface area (Å²) in [5.41, 5.74) is 2.65. The molecule has 0 spiro atoms. The van der Waals surface area contributed by atoms with Crippen LogP contribution in [0.25, 0.3) is 0 Å². The van der Waals surface area contributed by atoms with Gasteiger partial charge in [-0.3, -0.25) is 0 Å². The predicted molar refractivity (Wildman–Crippen MR) is 88.1 cm³/mol. The standard InChI is InChI=1S/C18H18N2O2/c1-14-7-5-10-16(13-14)20-18(21)19-12-6-9-15-8-3-4-11-17(15)22-2/h3-5,7-8,10-11,13H,12H2,1-2H3,(H2,19,20,21). The summed E-state index contributed by atoms with van der Waals surface area (Å²) < 4.78 is 5.21. The molecule has 2 aromatic carbocycles. The molecule has 0 aliphatic rings. The van der Waals surface area contributed by atoms with Gasteiger partial charge in [-0.25, -0.2) is 4.79 Å². The van der Waals surface area contributed by atoms with Crippen LogP contribution >= 0.6 is 0 Å². The summed E-state index contributed by atoms with van der Waals surface area (Å²) in [4.78, 5) is 11.7. The number of para-hydroxylation sites is 1. The number of methoxy groups -OCH3 is 1. The SMILES string of the molecule is COc1ccccc1C#CCNC(=O)Nc1cccc(C)c1. The fourth-order valence-corrected chi connectivity index (χ4v) is 1.91. The van der Waals surface area contributed by atoms with E-state index in [0.29, 0.717) is 0 Å². The quantitative estimate of drug-likeness (QED) is 0.854. The van der Waals surface area contributed by atoms with Crippen molar-refractivity contribution in [2.45, 2.75) is 6.92 Å². The second-order valence-electron chi connectivity index (χ2n) is 4.68.